The second-order valence-electron chi connectivity index (χ2n) is 7.36. The third kappa shape index (κ3) is 4.13. The Balaban J connectivity index is 1.68. The lowest BCUT2D eigenvalue weighted by Gasteiger charge is -2.40. The molecule has 6 nitrogen and oxygen atoms in total. The number of hydrogen-bond acceptors (Lipinski definition) is 4. The third-order valence-electron chi connectivity index (χ3n) is 5.29. The highest BCUT2D eigenvalue weighted by atomic mass is 35.5. The van der Waals surface area contributed by atoms with Crippen LogP contribution in [-0.2, 0) is 4.74 Å². The number of esters is 1. The van der Waals surface area contributed by atoms with Gasteiger partial charge in [0, 0.05) is 30.7 Å². The van der Waals surface area contributed by atoms with Crippen molar-refractivity contribution in [1.82, 2.24) is 9.80 Å². The maximum atomic E-state index is 12.7. The van der Waals surface area contributed by atoms with Gasteiger partial charge in [0.05, 0.1) is 17.2 Å². The van der Waals surface area contributed by atoms with E-state index in [9.17, 15) is 9.59 Å². The summed E-state index contributed by atoms with van der Waals surface area (Å²) in [7, 11) is 2.14. The van der Waals surface area contributed by atoms with Gasteiger partial charge in [0.15, 0.2) is 0 Å². The minimum atomic E-state index is -0.487. The largest absolute Gasteiger partial charge is 0.462 e. The minimum Gasteiger partial charge on any atom is -0.462 e. The first-order valence-corrected chi connectivity index (χ1v) is 9.51. The van der Waals surface area contributed by atoms with Crippen molar-refractivity contribution in [2.24, 2.45) is 5.41 Å². The van der Waals surface area contributed by atoms with Gasteiger partial charge in [-0.2, -0.15) is 0 Å². The summed E-state index contributed by atoms with van der Waals surface area (Å²) >= 11 is 6.08. The van der Waals surface area contributed by atoms with Crippen molar-refractivity contribution < 1.29 is 14.3 Å². The molecular weight excluding hydrogens is 354 g/mol. The molecule has 1 N–H and O–H groups in total. The number of halogens is 1. The topological polar surface area (TPSA) is 61.9 Å². The molecule has 2 saturated heterocycles. The molecule has 0 bridgehead atoms. The summed E-state index contributed by atoms with van der Waals surface area (Å²) in [5.74, 6) is -0.487. The molecule has 1 aromatic carbocycles. The van der Waals surface area contributed by atoms with Gasteiger partial charge >= 0.3 is 12.0 Å². The average Bonchev–Trinajstić information content (AvgIpc) is 2.96. The number of benzene rings is 1. The quantitative estimate of drug-likeness (QED) is 0.817. The number of anilines is 1. The molecule has 2 aliphatic heterocycles. The Bertz CT molecular complexity index is 693. The Hall–Kier alpha value is -1.79. The molecule has 0 aromatic heterocycles. The van der Waals surface area contributed by atoms with Gasteiger partial charge in [-0.3, -0.25) is 0 Å². The lowest BCUT2D eigenvalue weighted by atomic mass is 9.79. The molecule has 0 saturated carbocycles. The molecule has 2 heterocycles. The molecule has 3 rings (SSSR count). The zero-order valence-corrected chi connectivity index (χ0v) is 16.1. The number of nitrogens with zero attached hydrogens (tertiary/aromatic N) is 2. The second kappa shape index (κ2) is 7.84. The molecule has 2 fully saturated rings. The number of carbonyl (C=O) groups excluding carboxylic acids is 2. The molecule has 0 aliphatic carbocycles. The van der Waals surface area contributed by atoms with Crippen molar-refractivity contribution in [2.45, 2.75) is 26.2 Å². The first-order valence-electron chi connectivity index (χ1n) is 9.14. The van der Waals surface area contributed by atoms with E-state index in [2.05, 4.69) is 17.3 Å². The van der Waals surface area contributed by atoms with Gasteiger partial charge in [0.25, 0.3) is 0 Å². The van der Waals surface area contributed by atoms with Crippen LogP contribution >= 0.6 is 11.6 Å². The van der Waals surface area contributed by atoms with Crippen molar-refractivity contribution >= 4 is 29.3 Å². The summed E-state index contributed by atoms with van der Waals surface area (Å²) < 4.78 is 5.01. The molecule has 142 valence electrons. The lowest BCUT2D eigenvalue weighted by molar-refractivity contribution is 0.0526. The van der Waals surface area contributed by atoms with E-state index < -0.39 is 5.97 Å². The number of ether oxygens (including phenoxy) is 1. The van der Waals surface area contributed by atoms with Crippen LogP contribution in [-0.4, -0.2) is 61.6 Å². The Morgan fingerprint density at radius 2 is 2.08 bits per heavy atom. The standard InChI is InChI=1S/C19H26ClN3O3/c1-3-26-17(24)15-11-14(5-6-16(15)20)21-18(25)23-9-4-7-19(13-23)8-10-22(2)12-19/h5-6,11H,3-4,7-10,12-13H2,1-2H3,(H,21,25)/t19-/m1/s1. The lowest BCUT2D eigenvalue weighted by Crippen LogP contribution is -2.48. The summed E-state index contributed by atoms with van der Waals surface area (Å²) in [4.78, 5) is 28.9. The van der Waals surface area contributed by atoms with E-state index in [1.54, 1.807) is 25.1 Å². The zero-order chi connectivity index (χ0) is 18.7. The highest BCUT2D eigenvalue weighted by molar-refractivity contribution is 6.33. The summed E-state index contributed by atoms with van der Waals surface area (Å²) in [5.41, 5.74) is 1.03. The normalized spacial score (nSPS) is 23.3. The van der Waals surface area contributed by atoms with Crippen molar-refractivity contribution in [1.29, 1.82) is 0 Å². The number of carbonyl (C=O) groups is 2. The predicted octanol–water partition coefficient (Wildman–Crippen LogP) is 3.47. The maximum Gasteiger partial charge on any atom is 0.339 e. The van der Waals surface area contributed by atoms with Crippen LogP contribution in [0.3, 0.4) is 0 Å². The van der Waals surface area contributed by atoms with E-state index in [4.69, 9.17) is 16.3 Å². The van der Waals surface area contributed by atoms with Crippen LogP contribution in [0.15, 0.2) is 18.2 Å². The number of amides is 2. The fourth-order valence-corrected chi connectivity index (χ4v) is 4.24. The number of hydrogen-bond donors (Lipinski definition) is 1. The van der Waals surface area contributed by atoms with Crippen molar-refractivity contribution in [2.75, 3.05) is 45.2 Å². The molecule has 7 heteroatoms. The molecule has 1 spiro atoms. The number of urea groups is 1. The second-order valence-corrected chi connectivity index (χ2v) is 7.77. The van der Waals surface area contributed by atoms with Crippen LogP contribution in [0.25, 0.3) is 0 Å². The summed E-state index contributed by atoms with van der Waals surface area (Å²) in [6, 6.07) is 4.75. The summed E-state index contributed by atoms with van der Waals surface area (Å²) in [5, 5.41) is 3.21. The maximum absolute atomic E-state index is 12.7. The molecule has 2 amide bonds. The van der Waals surface area contributed by atoms with Gasteiger partial charge in [-0.1, -0.05) is 11.6 Å². The monoisotopic (exact) mass is 379 g/mol. The summed E-state index contributed by atoms with van der Waals surface area (Å²) in [6.07, 6.45) is 3.34. The zero-order valence-electron chi connectivity index (χ0n) is 15.4. The van der Waals surface area contributed by atoms with Crippen LogP contribution in [0.5, 0.6) is 0 Å². The Kier molecular flexibility index (Phi) is 5.73. The van der Waals surface area contributed by atoms with Crippen molar-refractivity contribution in [3.05, 3.63) is 28.8 Å². The van der Waals surface area contributed by atoms with E-state index in [0.717, 1.165) is 39.0 Å². The third-order valence-corrected chi connectivity index (χ3v) is 5.62. The fourth-order valence-electron chi connectivity index (χ4n) is 4.04. The first kappa shape index (κ1) is 19.0. The van der Waals surface area contributed by atoms with Gasteiger partial charge < -0.3 is 19.9 Å². The first-order chi connectivity index (χ1) is 12.4. The van der Waals surface area contributed by atoms with Gasteiger partial charge in [-0.25, -0.2) is 9.59 Å². The van der Waals surface area contributed by atoms with E-state index >= 15 is 0 Å². The summed E-state index contributed by atoms with van der Waals surface area (Å²) in [6.45, 7) is 5.69. The molecule has 2 aliphatic rings. The molecule has 0 unspecified atom stereocenters. The van der Waals surface area contributed by atoms with Gasteiger partial charge in [0.2, 0.25) is 0 Å². The fraction of sp³-hybridized carbons (Fsp3) is 0.579. The van der Waals surface area contributed by atoms with E-state index in [-0.39, 0.29) is 23.6 Å². The number of rotatable bonds is 3. The van der Waals surface area contributed by atoms with Crippen molar-refractivity contribution in [3.8, 4) is 0 Å². The molecule has 26 heavy (non-hydrogen) atoms. The smallest absolute Gasteiger partial charge is 0.339 e. The number of likely N-dealkylation sites (tertiary alicyclic amines) is 2. The van der Waals surface area contributed by atoms with Crippen LogP contribution in [0, 0.1) is 5.41 Å². The van der Waals surface area contributed by atoms with Gasteiger partial charge in [0.1, 0.15) is 0 Å². The SMILES string of the molecule is CCOC(=O)c1cc(NC(=O)N2CCC[C@]3(CCN(C)C3)C2)ccc1Cl. The van der Waals surface area contributed by atoms with E-state index in [1.165, 1.54) is 6.42 Å². The minimum absolute atomic E-state index is 0.129. The highest BCUT2D eigenvalue weighted by Gasteiger charge is 2.41. The molecular formula is C19H26ClN3O3. The number of piperidine rings is 1. The molecule has 0 radical (unpaired) electrons. The van der Waals surface area contributed by atoms with Gasteiger partial charge in [-0.15, -0.1) is 0 Å². The van der Waals surface area contributed by atoms with Crippen LogP contribution in [0.2, 0.25) is 5.02 Å². The molecule has 1 atom stereocenters. The van der Waals surface area contributed by atoms with Crippen molar-refractivity contribution in [3.63, 3.8) is 0 Å². The Labute approximate surface area is 159 Å². The van der Waals surface area contributed by atoms with Crippen LogP contribution < -0.4 is 5.32 Å². The van der Waals surface area contributed by atoms with E-state index in [0.29, 0.717) is 10.7 Å². The van der Waals surface area contributed by atoms with Crippen LogP contribution in [0.1, 0.15) is 36.5 Å². The highest BCUT2D eigenvalue weighted by Crippen LogP contribution is 2.38. The Morgan fingerprint density at radius 3 is 2.77 bits per heavy atom. The van der Waals surface area contributed by atoms with Gasteiger partial charge in [-0.05, 0) is 58.0 Å². The average molecular weight is 380 g/mol. The van der Waals surface area contributed by atoms with E-state index in [1.807, 2.05) is 4.90 Å². The predicted molar refractivity (Wildman–Crippen MR) is 102 cm³/mol. The number of nitrogens with one attached hydrogen (secondary N) is 1. The van der Waals surface area contributed by atoms with Crippen LogP contribution in [0.4, 0.5) is 10.5 Å². The Morgan fingerprint density at radius 1 is 1.27 bits per heavy atom. The molecule has 1 aromatic rings.